The van der Waals surface area contributed by atoms with Crippen LogP contribution in [-0.4, -0.2) is 79.0 Å². The molecule has 3 N–H and O–H groups in total. The maximum absolute atomic E-state index is 11.4. The molecule has 0 spiro atoms. The number of aliphatic hydroxyl groups is 2. The first kappa shape index (κ1) is 14.2. The van der Waals surface area contributed by atoms with E-state index in [1.165, 1.54) is 13.8 Å². The molecule has 0 aliphatic carbocycles. The third-order valence-electron chi connectivity index (χ3n) is 1.84. The summed E-state index contributed by atoms with van der Waals surface area (Å²) in [6, 6.07) is 0. The van der Waals surface area contributed by atoms with E-state index in [2.05, 4.69) is 0 Å². The molecule has 0 aliphatic rings. The number of aliphatic carboxylic acids is 1. The number of carboxylic acid groups (broad SMARTS) is 1. The zero-order valence-corrected chi connectivity index (χ0v) is 11.5. The molecule has 0 saturated carbocycles. The van der Waals surface area contributed by atoms with E-state index in [1.807, 2.05) is 0 Å². The molecule has 0 radical (unpaired) electrons. The summed E-state index contributed by atoms with van der Waals surface area (Å²) in [5, 5.41) is 30.4. The number of carboxylic acids is 1. The van der Waals surface area contributed by atoms with Gasteiger partial charge in [-0.1, -0.05) is 13.8 Å². The quantitative estimate of drug-likeness (QED) is 0.354. The van der Waals surface area contributed by atoms with Gasteiger partial charge in [-0.15, -0.1) is 0 Å². The Morgan fingerprint density at radius 2 is 2.06 bits per heavy atom. The van der Waals surface area contributed by atoms with E-state index in [0.29, 0.717) is 0 Å². The van der Waals surface area contributed by atoms with Crippen molar-refractivity contribution >= 4 is 49.6 Å². The van der Waals surface area contributed by atoms with E-state index in [1.54, 1.807) is 5.32 Å². The standard InChI is InChI=1S/C9H17NO5.Ca/c1-9(2,5-11)7(14)8(15)10-4-3-6(12)13;/h7,11,14H,3-5H2,1-2H3,(H,10,15)(H,12,13);/q;+2/p-1/t7-;/m1./s1/i4+1D2;. The summed E-state index contributed by atoms with van der Waals surface area (Å²) in [7, 11) is 0. The van der Waals surface area contributed by atoms with Gasteiger partial charge >= 0.3 is 37.7 Å². The van der Waals surface area contributed by atoms with E-state index in [0.717, 1.165) is 0 Å². The van der Waals surface area contributed by atoms with Crippen LogP contribution in [0.5, 0.6) is 0 Å². The molecule has 0 heterocycles. The van der Waals surface area contributed by atoms with Crippen molar-refractivity contribution < 1.29 is 27.7 Å². The van der Waals surface area contributed by atoms with Gasteiger partial charge in [-0.05, 0) is 0 Å². The van der Waals surface area contributed by atoms with Gasteiger partial charge < -0.3 is 25.4 Å². The number of amides is 1. The van der Waals surface area contributed by atoms with Crippen LogP contribution < -0.4 is 10.4 Å². The van der Waals surface area contributed by atoms with E-state index in [9.17, 15) is 19.8 Å². The Hall–Kier alpha value is 0.120. The maximum Gasteiger partial charge on any atom is 2.00 e. The molecule has 0 aromatic heterocycles. The molecule has 1 atom stereocenters. The summed E-state index contributed by atoms with van der Waals surface area (Å²) in [4.78, 5) is 21.6. The van der Waals surface area contributed by atoms with Gasteiger partial charge in [0.25, 0.3) is 0 Å². The molecule has 0 aromatic carbocycles. The number of aliphatic hydroxyl groups excluding tert-OH is 2. The predicted molar refractivity (Wildman–Crippen MR) is 55.3 cm³/mol. The van der Waals surface area contributed by atoms with Crippen LogP contribution in [0.25, 0.3) is 0 Å². The molecule has 7 heteroatoms. The number of carbonyl (C=O) groups excluding carboxylic acids is 2. The molecule has 0 saturated heterocycles. The van der Waals surface area contributed by atoms with Crippen LogP contribution in [0.1, 0.15) is 23.0 Å². The number of rotatable bonds is 6. The maximum atomic E-state index is 11.4. The molecule has 88 valence electrons. The van der Waals surface area contributed by atoms with Gasteiger partial charge in [0.1, 0.15) is 6.10 Å². The van der Waals surface area contributed by atoms with Gasteiger partial charge in [0.15, 0.2) is 0 Å². The Balaban J connectivity index is 0. The summed E-state index contributed by atoms with van der Waals surface area (Å²) >= 11 is 0. The molecular formula is C9H16CaNO5+. The second-order valence-corrected chi connectivity index (χ2v) is 3.76. The second kappa shape index (κ2) is 8.25. The monoisotopic (exact) mass is 261 g/mol. The largest absolute Gasteiger partial charge is 2.00 e. The summed E-state index contributed by atoms with van der Waals surface area (Å²) in [6.45, 7) is -0.176. The zero-order chi connectivity index (χ0) is 13.9. The minimum Gasteiger partial charge on any atom is -0.550 e. The van der Waals surface area contributed by atoms with Gasteiger partial charge in [0, 0.05) is 27.0 Å². The van der Waals surface area contributed by atoms with Crippen molar-refractivity contribution in [3.8, 4) is 0 Å². The summed E-state index contributed by atoms with van der Waals surface area (Å²) in [6.07, 6.45) is -2.67. The molecule has 0 aliphatic heterocycles. The number of nitrogens with one attached hydrogen (secondary N) is 1. The fraction of sp³-hybridized carbons (Fsp3) is 0.778. The Kier molecular flexibility index (Phi) is 7.31. The van der Waals surface area contributed by atoms with Crippen molar-refractivity contribution in [3.63, 3.8) is 0 Å². The first-order chi connectivity index (χ1) is 7.52. The third kappa shape index (κ3) is 6.65. The first-order valence-electron chi connectivity index (χ1n) is 5.32. The van der Waals surface area contributed by atoms with Crippen LogP contribution in [-0.2, 0) is 9.59 Å². The fourth-order valence-electron chi connectivity index (χ4n) is 0.713. The van der Waals surface area contributed by atoms with Crippen molar-refractivity contribution in [1.29, 1.82) is 0 Å². The minimum atomic E-state index is -2.51. The number of hydrogen-bond donors (Lipinski definition) is 3. The molecule has 0 fully saturated rings. The van der Waals surface area contributed by atoms with E-state index in [-0.39, 0.29) is 37.7 Å². The smallest absolute Gasteiger partial charge is 0.550 e. The fourth-order valence-corrected chi connectivity index (χ4v) is 0.713. The van der Waals surface area contributed by atoms with Crippen LogP contribution >= 0.6 is 0 Å². The van der Waals surface area contributed by atoms with Crippen LogP contribution in [0.15, 0.2) is 0 Å². The van der Waals surface area contributed by atoms with Crippen LogP contribution in [0.3, 0.4) is 0 Å². The molecule has 1 amide bonds. The topological polar surface area (TPSA) is 110 Å². The van der Waals surface area contributed by atoms with E-state index in [4.69, 9.17) is 7.85 Å². The summed E-state index contributed by atoms with van der Waals surface area (Å²) in [5.41, 5.74) is -1.15. The summed E-state index contributed by atoms with van der Waals surface area (Å²) < 4.78 is 14.4. The third-order valence-corrected chi connectivity index (χ3v) is 1.84. The van der Waals surface area contributed by atoms with Gasteiger partial charge in [0.2, 0.25) is 5.91 Å². The van der Waals surface area contributed by atoms with Crippen molar-refractivity contribution in [3.05, 3.63) is 0 Å². The van der Waals surface area contributed by atoms with Gasteiger partial charge in [-0.3, -0.25) is 4.79 Å². The molecule has 0 aromatic rings. The normalized spacial score (nSPS) is 15.2. The Labute approximate surface area is 127 Å². The zero-order valence-electron chi connectivity index (χ0n) is 11.3. The van der Waals surface area contributed by atoms with Crippen molar-refractivity contribution in [1.82, 2.24) is 5.32 Å². The van der Waals surface area contributed by atoms with Gasteiger partial charge in [-0.2, -0.15) is 0 Å². The second-order valence-electron chi connectivity index (χ2n) is 3.76. The van der Waals surface area contributed by atoms with Gasteiger partial charge in [-0.25, -0.2) is 0 Å². The average molecular weight is 261 g/mol. The van der Waals surface area contributed by atoms with Crippen molar-refractivity contribution in [2.45, 2.75) is 26.4 Å². The van der Waals surface area contributed by atoms with Crippen molar-refractivity contribution in [2.75, 3.05) is 13.1 Å². The SMILES string of the molecule is [2H][13C]([2H])(CC(=O)[O-])NC(=O)[C@@H](O)C(C)(C)CO.[Ca+2]. The minimum absolute atomic E-state index is 0. The molecule has 0 rings (SSSR count). The molecule has 6 nitrogen and oxygen atoms in total. The van der Waals surface area contributed by atoms with E-state index < -0.39 is 42.9 Å². The van der Waals surface area contributed by atoms with Crippen LogP contribution in [0.2, 0.25) is 0 Å². The van der Waals surface area contributed by atoms with Crippen LogP contribution in [0.4, 0.5) is 0 Å². The van der Waals surface area contributed by atoms with Crippen molar-refractivity contribution in [2.24, 2.45) is 5.41 Å². The van der Waals surface area contributed by atoms with E-state index >= 15 is 0 Å². The number of hydrogen-bond acceptors (Lipinski definition) is 5. The molecular weight excluding hydrogens is 243 g/mol. The Bertz CT molecular complexity index is 311. The Morgan fingerprint density at radius 1 is 1.56 bits per heavy atom. The number of carbonyl (C=O) groups is 2. The molecule has 16 heavy (non-hydrogen) atoms. The van der Waals surface area contributed by atoms with Gasteiger partial charge in [0.05, 0.1) is 6.61 Å². The average Bonchev–Trinajstić information content (AvgIpc) is 2.13. The molecule has 0 unspecified atom stereocenters. The Morgan fingerprint density at radius 3 is 2.44 bits per heavy atom. The van der Waals surface area contributed by atoms with Crippen LogP contribution in [0, 0.1) is 5.41 Å². The predicted octanol–water partition coefficient (Wildman–Crippen LogP) is -2.76. The summed E-state index contributed by atoms with van der Waals surface area (Å²) in [5.74, 6) is -2.75. The molecule has 0 bridgehead atoms. The first-order valence-corrected chi connectivity index (χ1v) is 4.32.